The summed E-state index contributed by atoms with van der Waals surface area (Å²) in [6, 6.07) is 58.0. The van der Waals surface area contributed by atoms with Crippen LogP contribution in [0, 0.1) is 0 Å². The van der Waals surface area contributed by atoms with E-state index in [2.05, 4.69) is 148 Å². The molecular weight excluding hydrogens is 667 g/mol. The van der Waals surface area contributed by atoms with Gasteiger partial charge in [0, 0.05) is 49.1 Å². The average molecular weight is 694 g/mol. The van der Waals surface area contributed by atoms with E-state index in [1.54, 1.807) is 0 Å². The Morgan fingerprint density at radius 3 is 1.87 bits per heavy atom. The average Bonchev–Trinajstić information content (AvgIpc) is 3.91. The predicted octanol–water partition coefficient (Wildman–Crippen LogP) is 12.4. The molecular formula is C47H27N5S. The third-order valence-electron chi connectivity index (χ3n) is 10.7. The van der Waals surface area contributed by atoms with Crippen LogP contribution in [-0.4, -0.2) is 23.9 Å². The summed E-state index contributed by atoms with van der Waals surface area (Å²) in [5, 5.41) is 7.16. The van der Waals surface area contributed by atoms with Crippen molar-refractivity contribution in [1.82, 2.24) is 23.9 Å². The van der Waals surface area contributed by atoms with Gasteiger partial charge in [-0.05, 0) is 36.4 Å². The van der Waals surface area contributed by atoms with Crippen molar-refractivity contribution in [3.05, 3.63) is 164 Å². The van der Waals surface area contributed by atoms with E-state index in [0.717, 1.165) is 55.9 Å². The van der Waals surface area contributed by atoms with Crippen LogP contribution in [0.1, 0.15) is 0 Å². The van der Waals surface area contributed by atoms with Crippen LogP contribution < -0.4 is 0 Å². The molecule has 5 heterocycles. The fraction of sp³-hybridized carbons (Fsp3) is 0. The van der Waals surface area contributed by atoms with Gasteiger partial charge in [0.05, 0.1) is 48.2 Å². The Morgan fingerprint density at radius 1 is 0.396 bits per heavy atom. The lowest BCUT2D eigenvalue weighted by molar-refractivity contribution is 1.18. The lowest BCUT2D eigenvalue weighted by atomic mass is 10.0. The molecule has 0 spiro atoms. The van der Waals surface area contributed by atoms with Crippen LogP contribution in [0.3, 0.4) is 0 Å². The van der Waals surface area contributed by atoms with Gasteiger partial charge in [0.15, 0.2) is 5.82 Å². The number of pyridine rings is 1. The molecule has 0 aliphatic rings. The molecule has 0 radical (unpaired) electrons. The van der Waals surface area contributed by atoms with Gasteiger partial charge < -0.3 is 4.57 Å². The summed E-state index contributed by atoms with van der Waals surface area (Å²) in [4.78, 5) is 15.2. The van der Waals surface area contributed by atoms with E-state index >= 15 is 0 Å². The van der Waals surface area contributed by atoms with Crippen molar-refractivity contribution >= 4 is 91.8 Å². The minimum atomic E-state index is 0.727. The normalized spacial score (nSPS) is 12.2. The van der Waals surface area contributed by atoms with Crippen LogP contribution in [0.2, 0.25) is 0 Å². The molecule has 5 nitrogen and oxygen atoms in total. The zero-order chi connectivity index (χ0) is 34.6. The van der Waals surface area contributed by atoms with Crippen molar-refractivity contribution in [3.8, 4) is 28.3 Å². The summed E-state index contributed by atoms with van der Waals surface area (Å²) < 4.78 is 7.37. The van der Waals surface area contributed by atoms with Gasteiger partial charge in [0.1, 0.15) is 5.65 Å². The predicted molar refractivity (Wildman–Crippen MR) is 221 cm³/mol. The standard InChI is InChI=1S/C47H27N5S/c1-2-12-29(13-3-1)46-48-37-18-8-6-17-35(37)41(50-46)28-22-24-30(25-23-28)51-39-20-10-7-14-31(39)32-26-27-36-43-44(53-45(36)42(32)51)33-15-4-5-16-34(33)47-49-38-19-9-11-21-40(38)52(43)47/h1-27H. The molecule has 0 fully saturated rings. The molecule has 12 rings (SSSR count). The van der Waals surface area contributed by atoms with Gasteiger partial charge in [0.2, 0.25) is 0 Å². The fourth-order valence-corrected chi connectivity index (χ4v) is 9.72. The summed E-state index contributed by atoms with van der Waals surface area (Å²) >= 11 is 1.89. The Bertz CT molecular complexity index is 3450. The monoisotopic (exact) mass is 693 g/mol. The summed E-state index contributed by atoms with van der Waals surface area (Å²) in [5.41, 5.74) is 11.8. The number of nitrogens with zero attached hydrogens (tertiary/aromatic N) is 5. The number of fused-ring (bicyclic) bond motifs is 15. The van der Waals surface area contributed by atoms with Crippen LogP contribution in [0.4, 0.5) is 0 Å². The number of benzene rings is 7. The van der Waals surface area contributed by atoms with Gasteiger partial charge in [-0.2, -0.15) is 0 Å². The van der Waals surface area contributed by atoms with Crippen molar-refractivity contribution in [2.75, 3.05) is 0 Å². The van der Waals surface area contributed by atoms with E-state index in [-0.39, 0.29) is 0 Å². The van der Waals surface area contributed by atoms with Crippen LogP contribution >= 0.6 is 11.3 Å². The zero-order valence-corrected chi connectivity index (χ0v) is 29.0. The van der Waals surface area contributed by atoms with Crippen LogP contribution in [-0.2, 0) is 0 Å². The van der Waals surface area contributed by atoms with E-state index in [4.69, 9.17) is 15.0 Å². The number of aromatic nitrogens is 5. The maximum Gasteiger partial charge on any atom is 0.160 e. The SMILES string of the molecule is c1ccc(-c2nc(-c3ccc(-n4c5ccccc5c5ccc6c(sc7c8ccccc8c8nc9ccccc9n8c67)c54)cc3)c3ccccc3n2)cc1. The molecule has 0 amide bonds. The Hall–Kier alpha value is -6.89. The van der Waals surface area contributed by atoms with Gasteiger partial charge >= 0.3 is 0 Å². The molecule has 0 aliphatic heterocycles. The molecule has 53 heavy (non-hydrogen) atoms. The number of thiophene rings is 1. The minimum absolute atomic E-state index is 0.727. The van der Waals surface area contributed by atoms with Crippen LogP contribution in [0.5, 0.6) is 0 Å². The molecule has 5 aromatic heterocycles. The number of para-hydroxylation sites is 4. The summed E-state index contributed by atoms with van der Waals surface area (Å²) in [5.74, 6) is 0.727. The van der Waals surface area contributed by atoms with Crippen molar-refractivity contribution in [3.63, 3.8) is 0 Å². The molecule has 246 valence electrons. The van der Waals surface area contributed by atoms with Crippen LogP contribution in [0.15, 0.2) is 164 Å². The second kappa shape index (κ2) is 10.8. The molecule has 0 bridgehead atoms. The smallest absolute Gasteiger partial charge is 0.160 e. The molecule has 0 N–H and O–H groups in total. The molecule has 7 aromatic carbocycles. The summed E-state index contributed by atoms with van der Waals surface area (Å²) in [6.45, 7) is 0. The minimum Gasteiger partial charge on any atom is -0.308 e. The second-order valence-corrected chi connectivity index (χ2v) is 14.6. The Morgan fingerprint density at radius 2 is 1.04 bits per heavy atom. The van der Waals surface area contributed by atoms with Crippen LogP contribution in [0.25, 0.3) is 109 Å². The van der Waals surface area contributed by atoms with Crippen molar-refractivity contribution in [2.45, 2.75) is 0 Å². The highest BCUT2D eigenvalue weighted by Gasteiger charge is 2.22. The maximum absolute atomic E-state index is 5.17. The first kappa shape index (κ1) is 28.8. The van der Waals surface area contributed by atoms with Gasteiger partial charge in [-0.1, -0.05) is 127 Å². The third kappa shape index (κ3) is 4.04. The fourth-order valence-electron chi connectivity index (χ4n) is 8.35. The first-order valence-electron chi connectivity index (χ1n) is 17.8. The summed E-state index contributed by atoms with van der Waals surface area (Å²) in [6.07, 6.45) is 0. The number of hydrogen-bond acceptors (Lipinski definition) is 4. The van der Waals surface area contributed by atoms with E-state index < -0.39 is 0 Å². The van der Waals surface area contributed by atoms with Gasteiger partial charge in [-0.3, -0.25) is 4.40 Å². The first-order valence-corrected chi connectivity index (χ1v) is 18.6. The molecule has 0 saturated carbocycles. The lowest BCUT2D eigenvalue weighted by Gasteiger charge is -2.12. The Labute approximate surface area is 306 Å². The molecule has 0 aliphatic carbocycles. The highest BCUT2D eigenvalue weighted by atomic mass is 32.1. The number of imidazole rings is 1. The third-order valence-corrected chi connectivity index (χ3v) is 11.9. The van der Waals surface area contributed by atoms with E-state index in [1.165, 1.54) is 52.9 Å². The molecule has 0 atom stereocenters. The topological polar surface area (TPSA) is 48.0 Å². The lowest BCUT2D eigenvalue weighted by Crippen LogP contribution is -1.96. The van der Waals surface area contributed by atoms with E-state index in [9.17, 15) is 0 Å². The van der Waals surface area contributed by atoms with Crippen molar-refractivity contribution in [1.29, 1.82) is 0 Å². The molecule has 0 unspecified atom stereocenters. The Balaban J connectivity index is 1.14. The van der Waals surface area contributed by atoms with Gasteiger partial charge in [0.25, 0.3) is 0 Å². The molecule has 12 aromatic rings. The van der Waals surface area contributed by atoms with Gasteiger partial charge in [-0.15, -0.1) is 11.3 Å². The van der Waals surface area contributed by atoms with E-state index in [1.807, 2.05) is 35.6 Å². The largest absolute Gasteiger partial charge is 0.308 e. The first-order chi connectivity index (χ1) is 26.3. The highest BCUT2D eigenvalue weighted by molar-refractivity contribution is 7.27. The Kier molecular flexibility index (Phi) is 5.87. The number of rotatable bonds is 3. The molecule has 0 saturated heterocycles. The quantitative estimate of drug-likeness (QED) is 0.185. The van der Waals surface area contributed by atoms with Crippen molar-refractivity contribution < 1.29 is 0 Å². The molecule has 6 heteroatoms. The number of hydrogen-bond donors (Lipinski definition) is 0. The summed E-state index contributed by atoms with van der Waals surface area (Å²) in [7, 11) is 0. The van der Waals surface area contributed by atoms with Crippen molar-refractivity contribution in [2.24, 2.45) is 0 Å². The second-order valence-electron chi connectivity index (χ2n) is 13.6. The zero-order valence-electron chi connectivity index (χ0n) is 28.2. The highest BCUT2D eigenvalue weighted by Crippen LogP contribution is 2.46. The van der Waals surface area contributed by atoms with E-state index in [0.29, 0.717) is 0 Å². The van der Waals surface area contributed by atoms with Gasteiger partial charge in [-0.25, -0.2) is 15.0 Å². The maximum atomic E-state index is 5.17.